The highest BCUT2D eigenvalue weighted by atomic mass is 32.2. The molecule has 26 heavy (non-hydrogen) atoms. The first-order valence-corrected chi connectivity index (χ1v) is 9.90. The van der Waals surface area contributed by atoms with Crippen LogP contribution >= 0.6 is 11.8 Å². The van der Waals surface area contributed by atoms with Crippen LogP contribution in [-0.2, 0) is 6.54 Å². The van der Waals surface area contributed by atoms with Crippen LogP contribution in [0.4, 0.5) is 0 Å². The van der Waals surface area contributed by atoms with Crippen molar-refractivity contribution in [2.75, 3.05) is 11.5 Å². The molecule has 0 bridgehead atoms. The summed E-state index contributed by atoms with van der Waals surface area (Å²) in [7, 11) is 0. The van der Waals surface area contributed by atoms with Crippen LogP contribution in [0.15, 0.2) is 42.6 Å². The maximum Gasteiger partial charge on any atom is 0.253 e. The summed E-state index contributed by atoms with van der Waals surface area (Å²) in [6.45, 7) is 2.52. The molecule has 0 aliphatic carbocycles. The lowest BCUT2D eigenvalue weighted by Crippen LogP contribution is -2.23. The monoisotopic (exact) mass is 367 g/mol. The van der Waals surface area contributed by atoms with Crippen molar-refractivity contribution in [1.82, 2.24) is 15.3 Å². The van der Waals surface area contributed by atoms with E-state index >= 15 is 0 Å². The molecule has 2 N–H and O–H groups in total. The minimum Gasteiger partial charge on any atom is -0.473 e. The van der Waals surface area contributed by atoms with Crippen molar-refractivity contribution in [3.63, 3.8) is 0 Å². The number of thioether (sulfide) groups is 1. The molecule has 5 nitrogen and oxygen atoms in total. The molecule has 3 aromatic rings. The highest BCUT2D eigenvalue weighted by Gasteiger charge is 2.17. The fourth-order valence-electron chi connectivity index (χ4n) is 3.08. The predicted molar refractivity (Wildman–Crippen MR) is 105 cm³/mol. The largest absolute Gasteiger partial charge is 0.473 e. The lowest BCUT2D eigenvalue weighted by Gasteiger charge is -2.11. The van der Waals surface area contributed by atoms with Gasteiger partial charge in [0.05, 0.1) is 5.56 Å². The fourth-order valence-corrected chi connectivity index (χ4v) is 4.18. The Hall–Kier alpha value is -2.47. The summed E-state index contributed by atoms with van der Waals surface area (Å²) in [6, 6.07) is 11.8. The molecule has 6 heteroatoms. The zero-order valence-electron chi connectivity index (χ0n) is 14.6. The molecule has 0 spiro atoms. The van der Waals surface area contributed by atoms with Gasteiger partial charge in [-0.05, 0) is 54.3 Å². The number of pyridine rings is 1. The standard InChI is InChI=1S/C20H21N3O2S/c1-13-8-16-9-14(2-4-18(16)23-13)10-22-20(24)15-3-5-19(21-11-15)25-17-6-7-26-12-17/h2-5,8-9,11,17,23H,6-7,10,12H2,1H3,(H,22,24). The van der Waals surface area contributed by atoms with Crippen LogP contribution in [0.25, 0.3) is 10.9 Å². The number of aromatic amines is 1. The average Bonchev–Trinajstić information content (AvgIpc) is 3.28. The van der Waals surface area contributed by atoms with Gasteiger partial charge in [-0.25, -0.2) is 4.98 Å². The summed E-state index contributed by atoms with van der Waals surface area (Å²) in [4.78, 5) is 19.9. The lowest BCUT2D eigenvalue weighted by molar-refractivity contribution is 0.0950. The van der Waals surface area contributed by atoms with E-state index in [1.165, 1.54) is 0 Å². The van der Waals surface area contributed by atoms with Crippen LogP contribution in [0, 0.1) is 6.92 Å². The SMILES string of the molecule is Cc1cc2cc(CNC(=O)c3ccc(OC4CCSC4)nc3)ccc2[nH]1. The molecule has 1 fully saturated rings. The van der Waals surface area contributed by atoms with E-state index in [-0.39, 0.29) is 12.0 Å². The molecule has 1 atom stereocenters. The van der Waals surface area contributed by atoms with E-state index in [0.29, 0.717) is 18.0 Å². The second-order valence-corrected chi connectivity index (χ2v) is 7.70. The van der Waals surface area contributed by atoms with Crippen molar-refractivity contribution in [2.24, 2.45) is 0 Å². The van der Waals surface area contributed by atoms with Gasteiger partial charge in [0.15, 0.2) is 0 Å². The van der Waals surface area contributed by atoms with Crippen molar-refractivity contribution >= 4 is 28.6 Å². The zero-order valence-corrected chi connectivity index (χ0v) is 15.4. The van der Waals surface area contributed by atoms with E-state index in [9.17, 15) is 4.79 Å². The summed E-state index contributed by atoms with van der Waals surface area (Å²) in [5.41, 5.74) is 3.84. The Bertz CT molecular complexity index is 914. The molecule has 1 unspecified atom stereocenters. The molecule has 1 amide bonds. The van der Waals surface area contributed by atoms with Gasteiger partial charge in [-0.1, -0.05) is 6.07 Å². The van der Waals surface area contributed by atoms with E-state index in [1.807, 2.05) is 30.8 Å². The highest BCUT2D eigenvalue weighted by Crippen LogP contribution is 2.22. The number of rotatable bonds is 5. The summed E-state index contributed by atoms with van der Waals surface area (Å²) in [5, 5.41) is 4.10. The second kappa shape index (κ2) is 7.41. The van der Waals surface area contributed by atoms with Gasteiger partial charge >= 0.3 is 0 Å². The molecular formula is C20H21N3O2S. The zero-order chi connectivity index (χ0) is 17.9. The number of ether oxygens (including phenoxy) is 1. The van der Waals surface area contributed by atoms with Crippen molar-refractivity contribution < 1.29 is 9.53 Å². The fraction of sp³-hybridized carbons (Fsp3) is 0.300. The van der Waals surface area contributed by atoms with Crippen molar-refractivity contribution in [3.8, 4) is 5.88 Å². The first-order chi connectivity index (χ1) is 12.7. The molecule has 1 aromatic carbocycles. The van der Waals surface area contributed by atoms with Gasteiger partial charge < -0.3 is 15.0 Å². The number of nitrogens with zero attached hydrogens (tertiary/aromatic N) is 1. The summed E-state index contributed by atoms with van der Waals surface area (Å²) >= 11 is 1.90. The van der Waals surface area contributed by atoms with Crippen LogP contribution in [0.5, 0.6) is 5.88 Å². The molecule has 0 saturated carbocycles. The van der Waals surface area contributed by atoms with Gasteiger partial charge in [0.1, 0.15) is 6.10 Å². The number of benzene rings is 1. The first-order valence-electron chi connectivity index (χ1n) is 8.74. The maximum absolute atomic E-state index is 12.3. The first kappa shape index (κ1) is 17.0. The predicted octanol–water partition coefficient (Wildman–Crippen LogP) is 3.69. The van der Waals surface area contributed by atoms with Gasteiger partial charge in [0, 0.05) is 35.8 Å². The van der Waals surface area contributed by atoms with Gasteiger partial charge in [-0.2, -0.15) is 11.8 Å². The summed E-state index contributed by atoms with van der Waals surface area (Å²) in [5.74, 6) is 2.60. The topological polar surface area (TPSA) is 67.0 Å². The van der Waals surface area contributed by atoms with Crippen molar-refractivity contribution in [3.05, 3.63) is 59.4 Å². The number of carbonyl (C=O) groups excluding carboxylic acids is 1. The molecule has 1 aliphatic heterocycles. The number of nitrogens with one attached hydrogen (secondary N) is 2. The van der Waals surface area contributed by atoms with E-state index in [4.69, 9.17) is 4.74 Å². The van der Waals surface area contributed by atoms with Crippen LogP contribution in [-0.4, -0.2) is 33.5 Å². The van der Waals surface area contributed by atoms with Crippen LogP contribution in [0.2, 0.25) is 0 Å². The van der Waals surface area contributed by atoms with Crippen LogP contribution in [0.3, 0.4) is 0 Å². The third-order valence-corrected chi connectivity index (χ3v) is 5.58. The Kier molecular flexibility index (Phi) is 4.84. The number of aromatic nitrogens is 2. The molecule has 0 radical (unpaired) electrons. The van der Waals surface area contributed by atoms with Gasteiger partial charge in [-0.15, -0.1) is 0 Å². The van der Waals surface area contributed by atoms with E-state index < -0.39 is 0 Å². The third-order valence-electron chi connectivity index (χ3n) is 4.45. The Morgan fingerprint density at radius 3 is 3.04 bits per heavy atom. The summed E-state index contributed by atoms with van der Waals surface area (Å²) < 4.78 is 5.82. The quantitative estimate of drug-likeness (QED) is 0.722. The Labute approximate surface area is 156 Å². The Balaban J connectivity index is 1.36. The van der Waals surface area contributed by atoms with Crippen LogP contribution in [0.1, 0.15) is 28.0 Å². The normalized spacial score (nSPS) is 16.7. The summed E-state index contributed by atoms with van der Waals surface area (Å²) in [6.07, 6.45) is 2.87. The number of carbonyl (C=O) groups is 1. The number of amides is 1. The number of H-pyrrole nitrogens is 1. The Morgan fingerprint density at radius 1 is 1.35 bits per heavy atom. The minimum absolute atomic E-state index is 0.134. The number of hydrogen-bond donors (Lipinski definition) is 2. The second-order valence-electron chi connectivity index (χ2n) is 6.55. The molecular weight excluding hydrogens is 346 g/mol. The minimum atomic E-state index is -0.134. The van der Waals surface area contributed by atoms with Crippen LogP contribution < -0.4 is 10.1 Å². The van der Waals surface area contributed by atoms with Gasteiger partial charge in [0.2, 0.25) is 5.88 Å². The molecule has 1 saturated heterocycles. The number of hydrogen-bond acceptors (Lipinski definition) is 4. The van der Waals surface area contributed by atoms with E-state index in [0.717, 1.165) is 40.1 Å². The third kappa shape index (κ3) is 3.85. The Morgan fingerprint density at radius 2 is 2.27 bits per heavy atom. The average molecular weight is 367 g/mol. The smallest absolute Gasteiger partial charge is 0.253 e. The highest BCUT2D eigenvalue weighted by molar-refractivity contribution is 7.99. The van der Waals surface area contributed by atoms with Gasteiger partial charge in [-0.3, -0.25) is 4.79 Å². The van der Waals surface area contributed by atoms with Gasteiger partial charge in [0.25, 0.3) is 5.91 Å². The van der Waals surface area contributed by atoms with E-state index in [2.05, 4.69) is 27.4 Å². The number of fused-ring (bicyclic) bond motifs is 1. The van der Waals surface area contributed by atoms with Crippen molar-refractivity contribution in [1.29, 1.82) is 0 Å². The molecule has 3 heterocycles. The van der Waals surface area contributed by atoms with E-state index in [1.54, 1.807) is 18.3 Å². The molecule has 2 aromatic heterocycles. The number of aryl methyl sites for hydroxylation is 1. The lowest BCUT2D eigenvalue weighted by atomic mass is 10.1. The molecule has 4 rings (SSSR count). The maximum atomic E-state index is 12.3. The molecule has 134 valence electrons. The molecule has 1 aliphatic rings. The van der Waals surface area contributed by atoms with Crippen molar-refractivity contribution in [2.45, 2.75) is 26.0 Å².